The number of non-ortho nitro benzene ring substituents is 1. The standard InChI is InChI=1S/C8H6N4O2/c9-5-10-6-11-7-1-3-8(4-2-7)12(13)14/h1-4,6H,(H,10,11). The summed E-state index contributed by atoms with van der Waals surface area (Å²) in [5.41, 5.74) is 0.551. The largest absolute Gasteiger partial charge is 0.283 e. The number of aliphatic imine (C=N–C) groups is 1. The molecule has 0 atom stereocenters. The van der Waals surface area contributed by atoms with Crippen molar-refractivity contribution in [2.24, 2.45) is 4.99 Å². The maximum atomic E-state index is 10.3. The molecule has 0 bridgehead atoms. The molecule has 0 aliphatic rings. The minimum Gasteiger partial charge on any atom is -0.283 e. The molecule has 0 aliphatic carbocycles. The molecule has 1 aromatic carbocycles. The van der Waals surface area contributed by atoms with Crippen LogP contribution < -0.4 is 5.32 Å². The van der Waals surface area contributed by atoms with Crippen LogP contribution in [0.25, 0.3) is 0 Å². The van der Waals surface area contributed by atoms with Gasteiger partial charge in [-0.05, 0) is 12.1 Å². The molecule has 1 rings (SSSR count). The van der Waals surface area contributed by atoms with Crippen LogP contribution in [0.15, 0.2) is 29.3 Å². The van der Waals surface area contributed by atoms with E-state index in [0.29, 0.717) is 5.69 Å². The van der Waals surface area contributed by atoms with Crippen molar-refractivity contribution < 1.29 is 4.92 Å². The Labute approximate surface area is 79.7 Å². The van der Waals surface area contributed by atoms with Gasteiger partial charge in [-0.15, -0.1) is 0 Å². The average Bonchev–Trinajstić information content (AvgIpc) is 2.19. The molecular weight excluding hydrogens is 184 g/mol. The van der Waals surface area contributed by atoms with Crippen molar-refractivity contribution in [1.29, 1.82) is 5.26 Å². The van der Waals surface area contributed by atoms with Gasteiger partial charge < -0.3 is 0 Å². The Bertz CT molecular complexity index is 391. The van der Waals surface area contributed by atoms with Crippen LogP contribution in [0.4, 0.5) is 11.4 Å². The molecule has 6 nitrogen and oxygen atoms in total. The van der Waals surface area contributed by atoms with Crippen LogP contribution in [0.3, 0.4) is 0 Å². The van der Waals surface area contributed by atoms with Gasteiger partial charge in [0.15, 0.2) is 6.19 Å². The van der Waals surface area contributed by atoms with Crippen LogP contribution in [-0.2, 0) is 0 Å². The van der Waals surface area contributed by atoms with Crippen molar-refractivity contribution in [1.82, 2.24) is 5.32 Å². The van der Waals surface area contributed by atoms with Gasteiger partial charge in [-0.2, -0.15) is 5.26 Å². The van der Waals surface area contributed by atoms with Crippen LogP contribution in [-0.4, -0.2) is 11.3 Å². The summed E-state index contributed by atoms with van der Waals surface area (Å²) in [4.78, 5) is 13.6. The minimum absolute atomic E-state index is 0.0113. The molecule has 70 valence electrons. The van der Waals surface area contributed by atoms with Gasteiger partial charge in [0.1, 0.15) is 6.34 Å². The number of nitro groups is 1. The minimum atomic E-state index is -0.485. The van der Waals surface area contributed by atoms with Gasteiger partial charge in [-0.25, -0.2) is 4.99 Å². The van der Waals surface area contributed by atoms with Crippen LogP contribution in [0, 0.1) is 21.6 Å². The first-order chi connectivity index (χ1) is 6.74. The number of rotatable bonds is 3. The number of nitro benzene ring substituents is 1. The second kappa shape index (κ2) is 4.57. The molecule has 0 aliphatic heterocycles. The first kappa shape index (κ1) is 9.67. The third kappa shape index (κ3) is 2.57. The fraction of sp³-hybridized carbons (Fsp3) is 0. The van der Waals surface area contributed by atoms with Gasteiger partial charge in [-0.1, -0.05) is 0 Å². The normalized spacial score (nSPS) is 9.64. The third-order valence-corrected chi connectivity index (χ3v) is 1.40. The lowest BCUT2D eigenvalue weighted by molar-refractivity contribution is -0.384. The molecule has 0 radical (unpaired) electrons. The molecule has 1 N–H and O–H groups in total. The highest BCUT2D eigenvalue weighted by atomic mass is 16.6. The van der Waals surface area contributed by atoms with E-state index < -0.39 is 4.92 Å². The number of benzene rings is 1. The highest BCUT2D eigenvalue weighted by Crippen LogP contribution is 2.16. The number of nitrogens with zero attached hydrogens (tertiary/aromatic N) is 3. The molecule has 0 spiro atoms. The highest BCUT2D eigenvalue weighted by Gasteiger charge is 2.02. The Morgan fingerprint density at radius 2 is 2.14 bits per heavy atom. The lowest BCUT2D eigenvalue weighted by Gasteiger charge is -1.92. The highest BCUT2D eigenvalue weighted by molar-refractivity contribution is 5.62. The Balaban J connectivity index is 2.74. The van der Waals surface area contributed by atoms with Crippen LogP contribution in [0.2, 0.25) is 0 Å². The smallest absolute Gasteiger partial charge is 0.269 e. The summed E-state index contributed by atoms with van der Waals surface area (Å²) in [6.45, 7) is 0. The van der Waals surface area contributed by atoms with Gasteiger partial charge >= 0.3 is 0 Å². The maximum absolute atomic E-state index is 10.3. The van der Waals surface area contributed by atoms with E-state index in [1.807, 2.05) is 0 Å². The van der Waals surface area contributed by atoms with E-state index >= 15 is 0 Å². The number of hydrogen-bond acceptors (Lipinski definition) is 4. The number of hydrogen-bond donors (Lipinski definition) is 1. The second-order valence-corrected chi connectivity index (χ2v) is 2.29. The van der Waals surface area contributed by atoms with E-state index in [-0.39, 0.29) is 5.69 Å². The number of nitriles is 1. The molecule has 0 saturated heterocycles. The summed E-state index contributed by atoms with van der Waals surface area (Å²) >= 11 is 0. The lowest BCUT2D eigenvalue weighted by atomic mass is 10.3. The van der Waals surface area contributed by atoms with E-state index in [1.54, 1.807) is 6.19 Å². The molecular formula is C8H6N4O2. The Kier molecular flexibility index (Phi) is 3.15. The van der Waals surface area contributed by atoms with Gasteiger partial charge in [-0.3, -0.25) is 15.4 Å². The van der Waals surface area contributed by atoms with Gasteiger partial charge in [0.25, 0.3) is 5.69 Å². The van der Waals surface area contributed by atoms with Crippen molar-refractivity contribution in [2.45, 2.75) is 0 Å². The Hall–Kier alpha value is -2.42. The Morgan fingerprint density at radius 3 is 2.64 bits per heavy atom. The van der Waals surface area contributed by atoms with Gasteiger partial charge in [0.2, 0.25) is 0 Å². The summed E-state index contributed by atoms with van der Waals surface area (Å²) in [7, 11) is 0. The SMILES string of the molecule is N#CNC=Nc1ccc([N+](=O)[O-])cc1. The molecule has 0 aromatic heterocycles. The third-order valence-electron chi connectivity index (χ3n) is 1.40. The van der Waals surface area contributed by atoms with Crippen LogP contribution >= 0.6 is 0 Å². The predicted molar refractivity (Wildman–Crippen MR) is 50.0 cm³/mol. The molecule has 0 amide bonds. The van der Waals surface area contributed by atoms with E-state index in [0.717, 1.165) is 0 Å². The van der Waals surface area contributed by atoms with Crippen molar-refractivity contribution in [3.05, 3.63) is 34.4 Å². The molecule has 0 heterocycles. The van der Waals surface area contributed by atoms with Gasteiger partial charge in [0.05, 0.1) is 10.6 Å². The number of nitrogens with one attached hydrogen (secondary N) is 1. The average molecular weight is 190 g/mol. The molecule has 0 fully saturated rings. The molecule has 0 unspecified atom stereocenters. The molecule has 6 heteroatoms. The molecule has 0 saturated carbocycles. The summed E-state index contributed by atoms with van der Waals surface area (Å²) < 4.78 is 0. The molecule has 14 heavy (non-hydrogen) atoms. The first-order valence-electron chi connectivity index (χ1n) is 3.65. The maximum Gasteiger partial charge on any atom is 0.269 e. The van der Waals surface area contributed by atoms with E-state index in [4.69, 9.17) is 5.26 Å². The van der Waals surface area contributed by atoms with E-state index in [2.05, 4.69) is 10.3 Å². The molecule has 1 aromatic rings. The van der Waals surface area contributed by atoms with E-state index in [1.165, 1.54) is 30.6 Å². The van der Waals surface area contributed by atoms with Crippen molar-refractivity contribution >= 4 is 17.7 Å². The fourth-order valence-electron chi connectivity index (χ4n) is 0.796. The van der Waals surface area contributed by atoms with Crippen LogP contribution in [0.1, 0.15) is 0 Å². The summed E-state index contributed by atoms with van der Waals surface area (Å²) in [6.07, 6.45) is 2.87. The van der Waals surface area contributed by atoms with Gasteiger partial charge in [0, 0.05) is 12.1 Å². The summed E-state index contributed by atoms with van der Waals surface area (Å²) in [5.74, 6) is 0. The monoisotopic (exact) mass is 190 g/mol. The van der Waals surface area contributed by atoms with Crippen LogP contribution in [0.5, 0.6) is 0 Å². The summed E-state index contributed by atoms with van der Waals surface area (Å²) in [6, 6.07) is 5.68. The zero-order valence-corrected chi connectivity index (χ0v) is 7.04. The van der Waals surface area contributed by atoms with Crippen molar-refractivity contribution in [3.8, 4) is 6.19 Å². The zero-order chi connectivity index (χ0) is 10.4. The topological polar surface area (TPSA) is 91.3 Å². The Morgan fingerprint density at radius 1 is 1.50 bits per heavy atom. The zero-order valence-electron chi connectivity index (χ0n) is 7.04. The lowest BCUT2D eigenvalue weighted by Crippen LogP contribution is -1.98. The first-order valence-corrected chi connectivity index (χ1v) is 3.65. The second-order valence-electron chi connectivity index (χ2n) is 2.29. The summed E-state index contributed by atoms with van der Waals surface area (Å²) in [5, 5.41) is 20.6. The predicted octanol–water partition coefficient (Wildman–Crippen LogP) is 1.33. The van der Waals surface area contributed by atoms with Crippen molar-refractivity contribution in [3.63, 3.8) is 0 Å². The van der Waals surface area contributed by atoms with Crippen molar-refractivity contribution in [2.75, 3.05) is 0 Å². The van der Waals surface area contributed by atoms with E-state index in [9.17, 15) is 10.1 Å². The quantitative estimate of drug-likeness (QED) is 0.194. The fourth-order valence-corrected chi connectivity index (χ4v) is 0.796.